The molecule has 0 saturated heterocycles. The predicted molar refractivity (Wildman–Crippen MR) is 123 cm³/mol. The first kappa shape index (κ1) is 19.8. The van der Waals surface area contributed by atoms with Crippen molar-refractivity contribution in [3.05, 3.63) is 105 Å². The summed E-state index contributed by atoms with van der Waals surface area (Å²) in [5.74, 6) is 0. The minimum atomic E-state index is 0.457. The van der Waals surface area contributed by atoms with E-state index in [0.717, 1.165) is 33.6 Å². The third kappa shape index (κ3) is 4.59. The number of rotatable bonds is 6. The van der Waals surface area contributed by atoms with Gasteiger partial charge in [0.1, 0.15) is 0 Å². The average Bonchev–Trinajstić information content (AvgIpc) is 3.06. The van der Waals surface area contributed by atoms with Crippen LogP contribution in [0.5, 0.6) is 0 Å². The Balaban J connectivity index is 1.54. The molecule has 0 aliphatic rings. The van der Waals surface area contributed by atoms with Crippen LogP contribution in [0.2, 0.25) is 15.1 Å². The maximum absolute atomic E-state index is 6.21. The Kier molecular flexibility index (Phi) is 6.10. The molecule has 0 fully saturated rings. The number of hydrogen-bond acceptors (Lipinski definition) is 2. The third-order valence-corrected chi connectivity index (χ3v) is 5.66. The normalized spacial score (nSPS) is 11.4. The molecule has 0 aliphatic carbocycles. The van der Waals surface area contributed by atoms with Crippen LogP contribution < -0.4 is 5.43 Å². The second-order valence-electron chi connectivity index (χ2n) is 6.65. The molecular weight excluding hydrogens is 425 g/mol. The van der Waals surface area contributed by atoms with Crippen LogP contribution in [0.25, 0.3) is 10.9 Å². The first-order chi connectivity index (χ1) is 14.1. The number of benzene rings is 3. The number of nitrogens with zero attached hydrogens (tertiary/aromatic N) is 2. The molecular formula is C23H18Cl3N3. The molecule has 146 valence electrons. The topological polar surface area (TPSA) is 29.3 Å². The molecule has 0 atom stereocenters. The van der Waals surface area contributed by atoms with E-state index in [1.807, 2.05) is 60.8 Å². The summed E-state index contributed by atoms with van der Waals surface area (Å²) in [4.78, 5) is 0. The Morgan fingerprint density at radius 3 is 2.34 bits per heavy atom. The number of hydrogen-bond donors (Lipinski definition) is 1. The Morgan fingerprint density at radius 1 is 0.862 bits per heavy atom. The second kappa shape index (κ2) is 8.91. The molecule has 0 bridgehead atoms. The van der Waals surface area contributed by atoms with Gasteiger partial charge in [-0.05, 0) is 35.9 Å². The Labute approximate surface area is 184 Å². The van der Waals surface area contributed by atoms with Gasteiger partial charge in [-0.25, -0.2) is 0 Å². The standard InChI is InChI=1S/C23H18Cl3N3/c24-18-10-8-16(9-11-18)14-29-15-17(19-4-1-2-7-23(19)29)12-27-28-13-20-21(25)5-3-6-22(20)26/h1-12,15,28H,13-14H2/b27-12+. The first-order valence-corrected chi connectivity index (χ1v) is 10.3. The van der Waals surface area contributed by atoms with Crippen molar-refractivity contribution in [3.8, 4) is 0 Å². The van der Waals surface area contributed by atoms with Gasteiger partial charge in [0.15, 0.2) is 0 Å². The molecule has 0 saturated carbocycles. The molecule has 1 aromatic heterocycles. The highest BCUT2D eigenvalue weighted by Gasteiger charge is 2.08. The molecule has 29 heavy (non-hydrogen) atoms. The second-order valence-corrected chi connectivity index (χ2v) is 7.90. The number of aromatic nitrogens is 1. The van der Waals surface area contributed by atoms with E-state index in [1.165, 1.54) is 5.56 Å². The van der Waals surface area contributed by atoms with Gasteiger partial charge in [-0.1, -0.05) is 71.2 Å². The maximum atomic E-state index is 6.21. The molecule has 4 rings (SSSR count). The summed E-state index contributed by atoms with van der Waals surface area (Å²) in [7, 11) is 0. The van der Waals surface area contributed by atoms with Crippen molar-refractivity contribution in [2.45, 2.75) is 13.1 Å². The van der Waals surface area contributed by atoms with E-state index in [4.69, 9.17) is 34.8 Å². The van der Waals surface area contributed by atoms with Gasteiger partial charge in [0.2, 0.25) is 0 Å². The average molecular weight is 443 g/mol. The van der Waals surface area contributed by atoms with Gasteiger partial charge in [0.25, 0.3) is 0 Å². The number of hydrazone groups is 1. The summed E-state index contributed by atoms with van der Waals surface area (Å²) < 4.78 is 2.21. The van der Waals surface area contributed by atoms with E-state index >= 15 is 0 Å². The lowest BCUT2D eigenvalue weighted by Gasteiger charge is -2.05. The molecule has 0 spiro atoms. The fourth-order valence-corrected chi connectivity index (χ4v) is 3.89. The molecule has 0 unspecified atom stereocenters. The molecule has 0 radical (unpaired) electrons. The summed E-state index contributed by atoms with van der Waals surface area (Å²) >= 11 is 18.4. The minimum absolute atomic E-state index is 0.457. The molecule has 3 nitrogen and oxygen atoms in total. The van der Waals surface area contributed by atoms with Gasteiger partial charge < -0.3 is 9.99 Å². The minimum Gasteiger partial charge on any atom is -0.342 e. The number of fused-ring (bicyclic) bond motifs is 1. The lowest BCUT2D eigenvalue weighted by Crippen LogP contribution is -2.06. The van der Waals surface area contributed by atoms with Gasteiger partial charge in [0, 0.05) is 49.8 Å². The van der Waals surface area contributed by atoms with Crippen molar-refractivity contribution in [2.75, 3.05) is 0 Å². The number of halogens is 3. The van der Waals surface area contributed by atoms with Crippen molar-refractivity contribution in [1.29, 1.82) is 0 Å². The Morgan fingerprint density at radius 2 is 1.59 bits per heavy atom. The molecule has 0 aliphatic heterocycles. The van der Waals surface area contributed by atoms with Crippen LogP contribution in [0.3, 0.4) is 0 Å². The van der Waals surface area contributed by atoms with Crippen molar-refractivity contribution < 1.29 is 0 Å². The third-order valence-electron chi connectivity index (χ3n) is 4.70. The zero-order chi connectivity index (χ0) is 20.2. The molecule has 4 aromatic rings. The fourth-order valence-electron chi connectivity index (χ4n) is 3.24. The predicted octanol–water partition coefficient (Wildman–Crippen LogP) is 6.77. The van der Waals surface area contributed by atoms with Crippen LogP contribution in [0.15, 0.2) is 78.0 Å². The van der Waals surface area contributed by atoms with Crippen molar-refractivity contribution in [3.63, 3.8) is 0 Å². The van der Waals surface area contributed by atoms with E-state index in [-0.39, 0.29) is 0 Å². The monoisotopic (exact) mass is 441 g/mol. The highest BCUT2D eigenvalue weighted by atomic mass is 35.5. The summed E-state index contributed by atoms with van der Waals surface area (Å²) in [5, 5.41) is 7.51. The zero-order valence-corrected chi connectivity index (χ0v) is 17.7. The van der Waals surface area contributed by atoms with Gasteiger partial charge in [-0.3, -0.25) is 0 Å². The lowest BCUT2D eigenvalue weighted by molar-refractivity contribution is 0.748. The molecule has 6 heteroatoms. The Bertz CT molecular complexity index is 1140. The van der Waals surface area contributed by atoms with Crippen LogP contribution in [-0.4, -0.2) is 10.8 Å². The smallest absolute Gasteiger partial charge is 0.0609 e. The van der Waals surface area contributed by atoms with Gasteiger partial charge in [-0.15, -0.1) is 0 Å². The van der Waals surface area contributed by atoms with Crippen molar-refractivity contribution >= 4 is 51.9 Å². The first-order valence-electron chi connectivity index (χ1n) is 9.13. The summed E-state index contributed by atoms with van der Waals surface area (Å²) in [5.41, 5.74) is 7.24. The van der Waals surface area contributed by atoms with E-state index < -0.39 is 0 Å². The summed E-state index contributed by atoms with van der Waals surface area (Å²) in [6, 6.07) is 21.6. The highest BCUT2D eigenvalue weighted by Crippen LogP contribution is 2.24. The molecule has 0 amide bonds. The number of para-hydroxylation sites is 1. The van der Waals surface area contributed by atoms with Crippen LogP contribution in [0.4, 0.5) is 0 Å². The quantitative estimate of drug-likeness (QED) is 0.259. The van der Waals surface area contributed by atoms with Crippen LogP contribution in [0.1, 0.15) is 16.7 Å². The summed E-state index contributed by atoms with van der Waals surface area (Å²) in [6.45, 7) is 1.21. The molecule has 1 N–H and O–H groups in total. The van der Waals surface area contributed by atoms with Crippen LogP contribution >= 0.6 is 34.8 Å². The van der Waals surface area contributed by atoms with Crippen molar-refractivity contribution in [2.24, 2.45) is 5.10 Å². The van der Waals surface area contributed by atoms with Gasteiger partial charge in [-0.2, -0.15) is 5.10 Å². The maximum Gasteiger partial charge on any atom is 0.0609 e. The largest absolute Gasteiger partial charge is 0.342 e. The van der Waals surface area contributed by atoms with E-state index in [1.54, 1.807) is 0 Å². The van der Waals surface area contributed by atoms with Crippen molar-refractivity contribution in [1.82, 2.24) is 9.99 Å². The highest BCUT2D eigenvalue weighted by molar-refractivity contribution is 6.36. The molecule has 1 heterocycles. The Hall–Kier alpha value is -2.46. The van der Waals surface area contributed by atoms with Gasteiger partial charge >= 0.3 is 0 Å². The summed E-state index contributed by atoms with van der Waals surface area (Å²) in [6.07, 6.45) is 3.93. The number of nitrogens with one attached hydrogen (secondary N) is 1. The SMILES string of the molecule is Clc1ccc(Cn2cc(/C=N/NCc3c(Cl)cccc3Cl)c3ccccc32)cc1. The van der Waals surface area contributed by atoms with Gasteiger partial charge in [0.05, 0.1) is 12.8 Å². The van der Waals surface area contributed by atoms with E-state index in [9.17, 15) is 0 Å². The van der Waals surface area contributed by atoms with E-state index in [2.05, 4.69) is 33.4 Å². The lowest BCUT2D eigenvalue weighted by atomic mass is 10.2. The van der Waals surface area contributed by atoms with Crippen LogP contribution in [-0.2, 0) is 13.1 Å². The molecule has 3 aromatic carbocycles. The van der Waals surface area contributed by atoms with Crippen LogP contribution in [0, 0.1) is 0 Å². The zero-order valence-electron chi connectivity index (χ0n) is 15.4. The van der Waals surface area contributed by atoms with E-state index in [0.29, 0.717) is 16.6 Å². The fraction of sp³-hybridized carbons (Fsp3) is 0.0870.